The highest BCUT2D eigenvalue weighted by Gasteiger charge is 2.18. The standard InChI is InChI=1S/C15H19BrFNO2/c1-2-20-15(19)11-8-13(16)12(14(17)9-11)10-18-6-4-3-5-7-18/h8-9H,2-7,10H2,1H3. The van der Waals surface area contributed by atoms with Crippen LogP contribution in [0.4, 0.5) is 4.39 Å². The van der Waals surface area contributed by atoms with Crippen molar-refractivity contribution < 1.29 is 13.9 Å². The van der Waals surface area contributed by atoms with Crippen LogP contribution in [0.15, 0.2) is 16.6 Å². The molecule has 0 amide bonds. The van der Waals surface area contributed by atoms with Crippen LogP contribution in [-0.2, 0) is 11.3 Å². The number of rotatable bonds is 4. The van der Waals surface area contributed by atoms with E-state index in [0.717, 1.165) is 13.1 Å². The molecule has 0 radical (unpaired) electrons. The lowest BCUT2D eigenvalue weighted by atomic mass is 10.1. The summed E-state index contributed by atoms with van der Waals surface area (Å²) in [5.41, 5.74) is 0.860. The summed E-state index contributed by atoms with van der Waals surface area (Å²) < 4.78 is 19.7. The summed E-state index contributed by atoms with van der Waals surface area (Å²) in [6, 6.07) is 2.91. The molecule has 0 aliphatic carbocycles. The minimum absolute atomic E-state index is 0.249. The Morgan fingerprint density at radius 1 is 1.35 bits per heavy atom. The van der Waals surface area contributed by atoms with Crippen molar-refractivity contribution in [2.75, 3.05) is 19.7 Å². The third-order valence-electron chi connectivity index (χ3n) is 3.48. The van der Waals surface area contributed by atoms with Crippen LogP contribution in [0.2, 0.25) is 0 Å². The van der Waals surface area contributed by atoms with Gasteiger partial charge in [-0.15, -0.1) is 0 Å². The van der Waals surface area contributed by atoms with E-state index < -0.39 is 5.97 Å². The number of carbonyl (C=O) groups is 1. The van der Waals surface area contributed by atoms with E-state index in [4.69, 9.17) is 4.74 Å². The van der Waals surface area contributed by atoms with Crippen LogP contribution in [-0.4, -0.2) is 30.6 Å². The highest BCUT2D eigenvalue weighted by Crippen LogP contribution is 2.25. The highest BCUT2D eigenvalue weighted by molar-refractivity contribution is 9.10. The maximum atomic E-state index is 14.2. The molecule has 0 N–H and O–H groups in total. The van der Waals surface area contributed by atoms with Crippen LogP contribution in [0.3, 0.4) is 0 Å². The molecule has 20 heavy (non-hydrogen) atoms. The zero-order valence-corrected chi connectivity index (χ0v) is 13.2. The van der Waals surface area contributed by atoms with E-state index in [2.05, 4.69) is 20.8 Å². The molecule has 1 aromatic carbocycles. The first-order valence-corrected chi connectivity index (χ1v) is 7.78. The SMILES string of the molecule is CCOC(=O)c1cc(F)c(CN2CCCCC2)c(Br)c1. The molecule has 0 aromatic heterocycles. The number of likely N-dealkylation sites (tertiary alicyclic amines) is 1. The normalized spacial score (nSPS) is 16.1. The number of ether oxygens (including phenoxy) is 1. The molecule has 1 aliphatic rings. The van der Waals surface area contributed by atoms with E-state index in [9.17, 15) is 9.18 Å². The molecule has 0 unspecified atom stereocenters. The van der Waals surface area contributed by atoms with Crippen LogP contribution in [0.5, 0.6) is 0 Å². The third kappa shape index (κ3) is 3.79. The van der Waals surface area contributed by atoms with Gasteiger partial charge in [-0.25, -0.2) is 9.18 Å². The molecule has 0 saturated carbocycles. The fraction of sp³-hybridized carbons (Fsp3) is 0.533. The molecular weight excluding hydrogens is 325 g/mol. The number of nitrogens with zero attached hydrogens (tertiary/aromatic N) is 1. The van der Waals surface area contributed by atoms with Crippen molar-refractivity contribution in [3.8, 4) is 0 Å². The molecule has 1 heterocycles. The van der Waals surface area contributed by atoms with Crippen molar-refractivity contribution in [2.45, 2.75) is 32.7 Å². The summed E-state index contributed by atoms with van der Waals surface area (Å²) in [5, 5.41) is 0. The van der Waals surface area contributed by atoms with E-state index in [0.29, 0.717) is 16.6 Å². The monoisotopic (exact) mass is 343 g/mol. The number of esters is 1. The summed E-state index contributed by atoms with van der Waals surface area (Å²) in [7, 11) is 0. The number of benzene rings is 1. The van der Waals surface area contributed by atoms with Gasteiger partial charge in [0.05, 0.1) is 12.2 Å². The van der Waals surface area contributed by atoms with E-state index in [1.54, 1.807) is 13.0 Å². The molecule has 1 saturated heterocycles. The Labute approximate surface area is 127 Å². The van der Waals surface area contributed by atoms with Gasteiger partial charge in [-0.1, -0.05) is 22.4 Å². The Morgan fingerprint density at radius 2 is 2.05 bits per heavy atom. The fourth-order valence-corrected chi connectivity index (χ4v) is 2.99. The van der Waals surface area contributed by atoms with E-state index in [1.165, 1.54) is 25.3 Å². The van der Waals surface area contributed by atoms with Crippen LogP contribution in [0.25, 0.3) is 0 Å². The summed E-state index contributed by atoms with van der Waals surface area (Å²) in [6.45, 7) is 4.61. The average Bonchev–Trinajstić information content (AvgIpc) is 2.44. The van der Waals surface area contributed by atoms with E-state index in [1.807, 2.05) is 0 Å². The van der Waals surface area contributed by atoms with Crippen LogP contribution in [0, 0.1) is 5.82 Å². The second kappa shape index (κ2) is 7.18. The Bertz CT molecular complexity index is 464. The maximum Gasteiger partial charge on any atom is 0.338 e. The Hall–Kier alpha value is -0.940. The quantitative estimate of drug-likeness (QED) is 0.779. The summed E-state index contributed by atoms with van der Waals surface area (Å²) in [5.74, 6) is -0.843. The Morgan fingerprint density at radius 3 is 2.65 bits per heavy atom. The van der Waals surface area contributed by atoms with Crippen molar-refractivity contribution in [1.29, 1.82) is 0 Å². The fourth-order valence-electron chi connectivity index (χ4n) is 2.43. The minimum atomic E-state index is -0.489. The highest BCUT2D eigenvalue weighted by atomic mass is 79.9. The minimum Gasteiger partial charge on any atom is -0.462 e. The topological polar surface area (TPSA) is 29.5 Å². The molecule has 2 rings (SSSR count). The van der Waals surface area contributed by atoms with Crippen molar-refractivity contribution >= 4 is 21.9 Å². The number of halogens is 2. The first-order valence-electron chi connectivity index (χ1n) is 6.99. The van der Waals surface area contributed by atoms with E-state index in [-0.39, 0.29) is 18.0 Å². The van der Waals surface area contributed by atoms with Gasteiger partial charge in [-0.2, -0.15) is 0 Å². The maximum absolute atomic E-state index is 14.2. The van der Waals surface area contributed by atoms with Crippen molar-refractivity contribution in [3.05, 3.63) is 33.5 Å². The third-order valence-corrected chi connectivity index (χ3v) is 4.19. The van der Waals surface area contributed by atoms with Crippen molar-refractivity contribution in [2.24, 2.45) is 0 Å². The smallest absolute Gasteiger partial charge is 0.338 e. The number of carbonyl (C=O) groups excluding carboxylic acids is 1. The van der Waals surface area contributed by atoms with Crippen LogP contribution < -0.4 is 0 Å². The van der Waals surface area contributed by atoms with Gasteiger partial charge in [0, 0.05) is 16.6 Å². The second-order valence-corrected chi connectivity index (χ2v) is 5.83. The molecule has 0 bridgehead atoms. The predicted molar refractivity (Wildman–Crippen MR) is 79.2 cm³/mol. The second-order valence-electron chi connectivity index (χ2n) is 4.98. The molecule has 0 atom stereocenters. The van der Waals surface area contributed by atoms with Gasteiger partial charge in [-0.05, 0) is 45.0 Å². The van der Waals surface area contributed by atoms with Crippen molar-refractivity contribution in [3.63, 3.8) is 0 Å². The van der Waals surface area contributed by atoms with Gasteiger partial charge in [0.1, 0.15) is 5.82 Å². The lowest BCUT2D eigenvalue weighted by molar-refractivity contribution is 0.0525. The van der Waals surface area contributed by atoms with Gasteiger partial charge < -0.3 is 4.74 Å². The summed E-state index contributed by atoms with van der Waals surface area (Å²) in [4.78, 5) is 13.9. The lowest BCUT2D eigenvalue weighted by Gasteiger charge is -2.27. The average molecular weight is 344 g/mol. The Kier molecular flexibility index (Phi) is 5.54. The van der Waals surface area contributed by atoms with Gasteiger partial charge in [-0.3, -0.25) is 4.90 Å². The first-order chi connectivity index (χ1) is 9.61. The molecule has 110 valence electrons. The number of piperidine rings is 1. The first kappa shape index (κ1) is 15.4. The molecular formula is C15H19BrFNO2. The van der Waals surface area contributed by atoms with Gasteiger partial charge in [0.15, 0.2) is 0 Å². The molecule has 5 heteroatoms. The molecule has 0 spiro atoms. The zero-order chi connectivity index (χ0) is 14.5. The molecule has 1 aromatic rings. The molecule has 1 aliphatic heterocycles. The summed E-state index contributed by atoms with van der Waals surface area (Å²) >= 11 is 3.37. The van der Waals surface area contributed by atoms with Crippen molar-refractivity contribution in [1.82, 2.24) is 4.90 Å². The van der Waals surface area contributed by atoms with Crippen LogP contribution >= 0.6 is 15.9 Å². The van der Waals surface area contributed by atoms with Gasteiger partial charge in [0.25, 0.3) is 0 Å². The van der Waals surface area contributed by atoms with E-state index >= 15 is 0 Å². The molecule has 1 fully saturated rings. The van der Waals surface area contributed by atoms with Crippen LogP contribution in [0.1, 0.15) is 42.1 Å². The Balaban J connectivity index is 2.15. The molecule has 3 nitrogen and oxygen atoms in total. The van der Waals surface area contributed by atoms with Gasteiger partial charge in [0.2, 0.25) is 0 Å². The zero-order valence-electron chi connectivity index (χ0n) is 11.6. The largest absolute Gasteiger partial charge is 0.462 e. The number of hydrogen-bond acceptors (Lipinski definition) is 3. The van der Waals surface area contributed by atoms with Gasteiger partial charge >= 0.3 is 5.97 Å². The lowest BCUT2D eigenvalue weighted by Crippen LogP contribution is -2.29. The number of hydrogen-bond donors (Lipinski definition) is 0. The predicted octanol–water partition coefficient (Wildman–Crippen LogP) is 3.75. The summed E-state index contributed by atoms with van der Waals surface area (Å²) in [6.07, 6.45) is 3.59.